The van der Waals surface area contributed by atoms with E-state index in [1.807, 2.05) is 49.5 Å². The fourth-order valence-corrected chi connectivity index (χ4v) is 2.84. The normalized spacial score (nSPS) is 11.2. The Labute approximate surface area is 152 Å². The molecule has 1 aromatic carbocycles. The first kappa shape index (κ1) is 18.9. The standard InChI is InChI=1S/C17H25N5O2S/c1-6-18-16(19-10-13-11-25-17(21-13)22(2)3)20-12-7-8-14(23-4)15(9-12)24-5/h7-9,11H,6,10H2,1-5H3,(H2,18,19,20). The van der Waals surface area contributed by atoms with Gasteiger partial charge in [-0.2, -0.15) is 0 Å². The van der Waals surface area contributed by atoms with Gasteiger partial charge in [-0.05, 0) is 19.1 Å². The lowest BCUT2D eigenvalue weighted by Gasteiger charge is -2.13. The maximum Gasteiger partial charge on any atom is 0.196 e. The highest BCUT2D eigenvalue weighted by Gasteiger charge is 2.07. The Bertz CT molecular complexity index is 715. The Kier molecular flexibility index (Phi) is 6.88. The fraction of sp³-hybridized carbons (Fsp3) is 0.412. The minimum Gasteiger partial charge on any atom is -0.493 e. The van der Waals surface area contributed by atoms with E-state index < -0.39 is 0 Å². The number of aromatic nitrogens is 1. The molecule has 0 aliphatic heterocycles. The molecule has 0 amide bonds. The van der Waals surface area contributed by atoms with Gasteiger partial charge in [0.2, 0.25) is 0 Å². The number of guanidine groups is 1. The molecule has 25 heavy (non-hydrogen) atoms. The Morgan fingerprint density at radius 3 is 2.60 bits per heavy atom. The van der Waals surface area contributed by atoms with Crippen molar-refractivity contribution in [3.8, 4) is 11.5 Å². The van der Waals surface area contributed by atoms with Crippen molar-refractivity contribution in [2.75, 3.05) is 45.1 Å². The van der Waals surface area contributed by atoms with Crippen LogP contribution in [-0.2, 0) is 6.54 Å². The average Bonchev–Trinajstić information content (AvgIpc) is 3.09. The van der Waals surface area contributed by atoms with Gasteiger partial charge in [0.25, 0.3) is 0 Å². The number of methoxy groups -OCH3 is 2. The summed E-state index contributed by atoms with van der Waals surface area (Å²) in [6, 6.07) is 5.65. The monoisotopic (exact) mass is 363 g/mol. The van der Waals surface area contributed by atoms with E-state index >= 15 is 0 Å². The van der Waals surface area contributed by atoms with E-state index in [-0.39, 0.29) is 0 Å². The van der Waals surface area contributed by atoms with E-state index in [1.54, 1.807) is 25.6 Å². The van der Waals surface area contributed by atoms with Crippen molar-refractivity contribution >= 4 is 28.1 Å². The summed E-state index contributed by atoms with van der Waals surface area (Å²) in [6.07, 6.45) is 0. The highest BCUT2D eigenvalue weighted by atomic mass is 32.1. The molecular weight excluding hydrogens is 338 g/mol. The van der Waals surface area contributed by atoms with Crippen molar-refractivity contribution < 1.29 is 9.47 Å². The van der Waals surface area contributed by atoms with Crippen LogP contribution in [0.3, 0.4) is 0 Å². The number of thiazole rings is 1. The smallest absolute Gasteiger partial charge is 0.196 e. The third kappa shape index (κ3) is 5.25. The highest BCUT2D eigenvalue weighted by molar-refractivity contribution is 7.13. The summed E-state index contributed by atoms with van der Waals surface area (Å²) in [4.78, 5) is 11.1. The molecular formula is C17H25N5O2S. The average molecular weight is 363 g/mol. The number of benzene rings is 1. The van der Waals surface area contributed by atoms with Gasteiger partial charge in [0, 0.05) is 37.8 Å². The Hall–Kier alpha value is -2.48. The van der Waals surface area contributed by atoms with E-state index in [1.165, 1.54) is 0 Å². The van der Waals surface area contributed by atoms with Crippen LogP contribution in [0.1, 0.15) is 12.6 Å². The molecule has 2 N–H and O–H groups in total. The predicted octanol–water partition coefficient (Wildman–Crippen LogP) is 2.80. The molecule has 0 atom stereocenters. The second-order valence-corrected chi connectivity index (χ2v) is 6.24. The summed E-state index contributed by atoms with van der Waals surface area (Å²) in [6.45, 7) is 3.30. The molecule has 0 fully saturated rings. The SMILES string of the molecule is CCNC(=NCc1csc(N(C)C)n1)Nc1ccc(OC)c(OC)c1. The van der Waals surface area contributed by atoms with Gasteiger partial charge in [-0.3, -0.25) is 0 Å². The molecule has 8 heteroatoms. The van der Waals surface area contributed by atoms with Crippen LogP contribution in [0, 0.1) is 0 Å². The molecule has 1 aromatic heterocycles. The summed E-state index contributed by atoms with van der Waals surface area (Å²) in [7, 11) is 7.20. The molecule has 0 saturated carbocycles. The molecule has 2 rings (SSSR count). The van der Waals surface area contributed by atoms with E-state index in [2.05, 4.69) is 20.6 Å². The topological polar surface area (TPSA) is 71.0 Å². The van der Waals surface area contributed by atoms with Crippen LogP contribution >= 0.6 is 11.3 Å². The van der Waals surface area contributed by atoms with Crippen molar-refractivity contribution in [2.45, 2.75) is 13.5 Å². The van der Waals surface area contributed by atoms with Crippen molar-refractivity contribution in [1.82, 2.24) is 10.3 Å². The number of aliphatic imine (C=N–C) groups is 1. The first-order valence-corrected chi connectivity index (χ1v) is 8.84. The molecule has 0 bridgehead atoms. The minimum absolute atomic E-state index is 0.507. The lowest BCUT2D eigenvalue weighted by molar-refractivity contribution is 0.355. The van der Waals surface area contributed by atoms with Crippen molar-refractivity contribution in [2.24, 2.45) is 4.99 Å². The van der Waals surface area contributed by atoms with Gasteiger partial charge in [-0.25, -0.2) is 9.98 Å². The van der Waals surface area contributed by atoms with Crippen molar-refractivity contribution in [1.29, 1.82) is 0 Å². The number of anilines is 2. The van der Waals surface area contributed by atoms with Crippen molar-refractivity contribution in [3.05, 3.63) is 29.3 Å². The van der Waals surface area contributed by atoms with Gasteiger partial charge in [0.05, 0.1) is 26.5 Å². The molecule has 0 saturated heterocycles. The quantitative estimate of drug-likeness (QED) is 0.582. The summed E-state index contributed by atoms with van der Waals surface area (Å²) in [5.74, 6) is 2.04. The number of hydrogen-bond acceptors (Lipinski definition) is 6. The molecule has 7 nitrogen and oxygen atoms in total. The number of nitrogens with one attached hydrogen (secondary N) is 2. The highest BCUT2D eigenvalue weighted by Crippen LogP contribution is 2.29. The molecule has 0 spiro atoms. The van der Waals surface area contributed by atoms with E-state index in [0.29, 0.717) is 24.0 Å². The Balaban J connectivity index is 2.11. The largest absolute Gasteiger partial charge is 0.493 e. The predicted molar refractivity (Wildman–Crippen MR) is 104 cm³/mol. The Morgan fingerprint density at radius 1 is 1.24 bits per heavy atom. The van der Waals surface area contributed by atoms with Crippen LogP contribution in [0.15, 0.2) is 28.6 Å². The van der Waals surface area contributed by atoms with Gasteiger partial charge < -0.3 is 25.0 Å². The minimum atomic E-state index is 0.507. The second kappa shape index (κ2) is 9.12. The van der Waals surface area contributed by atoms with E-state index in [0.717, 1.165) is 23.1 Å². The summed E-state index contributed by atoms with van der Waals surface area (Å²) in [5.41, 5.74) is 1.81. The number of rotatable bonds is 7. The number of hydrogen-bond donors (Lipinski definition) is 2. The van der Waals surface area contributed by atoms with Gasteiger partial charge in [-0.1, -0.05) is 0 Å². The van der Waals surface area contributed by atoms with Gasteiger partial charge >= 0.3 is 0 Å². The fourth-order valence-electron chi connectivity index (χ4n) is 2.09. The van der Waals surface area contributed by atoms with Crippen LogP contribution in [0.4, 0.5) is 10.8 Å². The van der Waals surface area contributed by atoms with Crippen LogP contribution in [0.5, 0.6) is 11.5 Å². The van der Waals surface area contributed by atoms with Gasteiger partial charge in [0.1, 0.15) is 0 Å². The molecule has 2 aromatic rings. The molecule has 0 aliphatic rings. The zero-order valence-electron chi connectivity index (χ0n) is 15.3. The Morgan fingerprint density at radius 2 is 2.00 bits per heavy atom. The van der Waals surface area contributed by atoms with Gasteiger partial charge in [-0.15, -0.1) is 11.3 Å². The third-order valence-corrected chi connectivity index (χ3v) is 4.37. The molecule has 0 aliphatic carbocycles. The summed E-state index contributed by atoms with van der Waals surface area (Å²) in [5, 5.41) is 9.50. The zero-order chi connectivity index (χ0) is 18.2. The van der Waals surface area contributed by atoms with Crippen molar-refractivity contribution in [3.63, 3.8) is 0 Å². The first-order chi connectivity index (χ1) is 12.1. The van der Waals surface area contributed by atoms with E-state index in [9.17, 15) is 0 Å². The molecule has 0 unspecified atom stereocenters. The second-order valence-electron chi connectivity index (χ2n) is 5.41. The van der Waals surface area contributed by atoms with Gasteiger partial charge in [0.15, 0.2) is 22.6 Å². The first-order valence-electron chi connectivity index (χ1n) is 7.96. The lowest BCUT2D eigenvalue weighted by atomic mass is 10.3. The van der Waals surface area contributed by atoms with Crippen LogP contribution in [-0.4, -0.2) is 45.8 Å². The maximum absolute atomic E-state index is 5.33. The maximum atomic E-state index is 5.33. The molecule has 136 valence electrons. The number of ether oxygens (including phenoxy) is 2. The summed E-state index contributed by atoms with van der Waals surface area (Å²) < 4.78 is 10.6. The third-order valence-electron chi connectivity index (χ3n) is 3.31. The van der Waals surface area contributed by atoms with Crippen LogP contribution in [0.2, 0.25) is 0 Å². The molecule has 0 radical (unpaired) electrons. The van der Waals surface area contributed by atoms with E-state index in [4.69, 9.17) is 9.47 Å². The van der Waals surface area contributed by atoms with Crippen LogP contribution in [0.25, 0.3) is 0 Å². The zero-order valence-corrected chi connectivity index (χ0v) is 16.1. The number of nitrogens with zero attached hydrogens (tertiary/aromatic N) is 3. The molecule has 1 heterocycles. The van der Waals surface area contributed by atoms with Crippen LogP contribution < -0.4 is 25.0 Å². The lowest BCUT2D eigenvalue weighted by Crippen LogP contribution is -2.30. The summed E-state index contributed by atoms with van der Waals surface area (Å²) >= 11 is 1.61.